The van der Waals surface area contributed by atoms with Crippen LogP contribution in [0.25, 0.3) is 21.2 Å². The Labute approximate surface area is 193 Å². The molecule has 168 valence electrons. The lowest BCUT2D eigenvalue weighted by molar-refractivity contribution is 0.292. The maximum absolute atomic E-state index is 12.8. The Balaban J connectivity index is 1.81. The fourth-order valence-electron chi connectivity index (χ4n) is 3.56. The highest BCUT2D eigenvalue weighted by Gasteiger charge is 2.23. The second-order valence-corrected chi connectivity index (χ2v) is 8.47. The molecule has 0 aliphatic rings. The second-order valence-electron chi connectivity index (χ2n) is 7.30. The van der Waals surface area contributed by atoms with E-state index in [1.807, 2.05) is 37.3 Å². The average Bonchev–Trinajstić information content (AvgIpc) is 3.28. The monoisotopic (exact) mass is 462 g/mol. The van der Waals surface area contributed by atoms with Gasteiger partial charge >= 0.3 is 5.63 Å². The molecule has 0 spiro atoms. The van der Waals surface area contributed by atoms with E-state index in [1.165, 1.54) is 6.33 Å². The van der Waals surface area contributed by atoms with Crippen LogP contribution in [0, 0.1) is 11.3 Å². The van der Waals surface area contributed by atoms with Crippen molar-refractivity contribution in [1.29, 1.82) is 5.26 Å². The molecular weight excluding hydrogens is 440 g/mol. The van der Waals surface area contributed by atoms with Gasteiger partial charge in [-0.1, -0.05) is 18.2 Å². The topological polar surface area (TPSA) is 150 Å². The zero-order valence-corrected chi connectivity index (χ0v) is 18.6. The molecule has 0 saturated heterocycles. The molecule has 0 aliphatic carbocycles. The third-order valence-corrected chi connectivity index (χ3v) is 6.20. The Bertz CT molecular complexity index is 1390. The number of aromatic nitrogens is 2. The van der Waals surface area contributed by atoms with E-state index in [0.717, 1.165) is 20.7 Å². The summed E-state index contributed by atoms with van der Waals surface area (Å²) in [5.41, 5.74) is 6.29. The number of anilines is 2. The van der Waals surface area contributed by atoms with E-state index < -0.39 is 11.7 Å². The highest BCUT2D eigenvalue weighted by Crippen LogP contribution is 2.38. The minimum Gasteiger partial charge on any atom is -0.425 e. The molecule has 4 aromatic rings. The van der Waals surface area contributed by atoms with E-state index in [9.17, 15) is 10.1 Å². The minimum atomic E-state index is -0.503. The first-order valence-corrected chi connectivity index (χ1v) is 11.1. The lowest BCUT2D eigenvalue weighted by Gasteiger charge is -2.18. The zero-order chi connectivity index (χ0) is 23.4. The highest BCUT2D eigenvalue weighted by molar-refractivity contribution is 7.15. The summed E-state index contributed by atoms with van der Waals surface area (Å²) >= 11 is 1.57. The molecular formula is C23H22N6O3S. The van der Waals surface area contributed by atoms with Gasteiger partial charge in [-0.3, -0.25) is 0 Å². The second kappa shape index (κ2) is 9.79. The van der Waals surface area contributed by atoms with Crippen molar-refractivity contribution in [3.63, 3.8) is 0 Å². The molecule has 1 aromatic carbocycles. The zero-order valence-electron chi connectivity index (χ0n) is 17.8. The van der Waals surface area contributed by atoms with E-state index >= 15 is 0 Å². The number of aliphatic hydroxyl groups excluding tert-OH is 1. The Morgan fingerprint density at radius 3 is 2.79 bits per heavy atom. The quantitative estimate of drug-likeness (QED) is 0.290. The van der Waals surface area contributed by atoms with Crippen LogP contribution >= 0.6 is 11.3 Å². The van der Waals surface area contributed by atoms with E-state index in [4.69, 9.17) is 15.3 Å². The number of nitrogen functional groups attached to an aromatic ring is 1. The smallest absolute Gasteiger partial charge is 0.343 e. The Morgan fingerprint density at radius 2 is 2.03 bits per heavy atom. The lowest BCUT2D eigenvalue weighted by atomic mass is 10.0. The number of hydrogen-bond acceptors (Lipinski definition) is 10. The maximum atomic E-state index is 12.8. The van der Waals surface area contributed by atoms with Gasteiger partial charge in [0.15, 0.2) is 0 Å². The third kappa shape index (κ3) is 4.56. The van der Waals surface area contributed by atoms with Gasteiger partial charge in [0.25, 0.3) is 0 Å². The van der Waals surface area contributed by atoms with Crippen LogP contribution < -0.4 is 22.0 Å². The molecule has 3 aromatic heterocycles. The standard InChI is InChI=1S/C23H22N6O3S/c1-13(29-22-17(10-24)21(25)27-12-28-22)20-19(15-4-2-3-5-16(15)23(31)32-20)18-7-6-14(33-18)11-26-8-9-30/h2-7,12-13,26,30H,8-9,11H2,1H3,(H3,25,27,28,29). The molecule has 33 heavy (non-hydrogen) atoms. The van der Waals surface area contributed by atoms with Crippen molar-refractivity contribution in [2.75, 3.05) is 24.2 Å². The van der Waals surface area contributed by atoms with Gasteiger partial charge in [0, 0.05) is 33.8 Å². The summed E-state index contributed by atoms with van der Waals surface area (Å²) in [7, 11) is 0. The summed E-state index contributed by atoms with van der Waals surface area (Å²) in [6.07, 6.45) is 1.27. The largest absolute Gasteiger partial charge is 0.425 e. The number of benzene rings is 1. The number of hydrogen-bond donors (Lipinski definition) is 4. The van der Waals surface area contributed by atoms with Crippen LogP contribution in [0.3, 0.4) is 0 Å². The summed E-state index contributed by atoms with van der Waals surface area (Å²) in [5.74, 6) is 0.761. The van der Waals surface area contributed by atoms with Gasteiger partial charge in [-0.2, -0.15) is 5.26 Å². The molecule has 10 heteroatoms. The maximum Gasteiger partial charge on any atom is 0.343 e. The van der Waals surface area contributed by atoms with Crippen molar-refractivity contribution in [2.24, 2.45) is 0 Å². The minimum absolute atomic E-state index is 0.0677. The van der Waals surface area contributed by atoms with Crippen molar-refractivity contribution < 1.29 is 9.52 Å². The Kier molecular flexibility index (Phi) is 6.65. The summed E-state index contributed by atoms with van der Waals surface area (Å²) in [6.45, 7) is 3.02. The van der Waals surface area contributed by atoms with Gasteiger partial charge in [0.2, 0.25) is 0 Å². The van der Waals surface area contributed by atoms with Gasteiger partial charge in [0.1, 0.15) is 35.4 Å². The number of fused-ring (bicyclic) bond motifs is 1. The Morgan fingerprint density at radius 1 is 1.24 bits per heavy atom. The van der Waals surface area contributed by atoms with Gasteiger partial charge in [-0.25, -0.2) is 14.8 Å². The molecule has 5 N–H and O–H groups in total. The first-order chi connectivity index (χ1) is 16.0. The summed E-state index contributed by atoms with van der Waals surface area (Å²) in [6, 6.07) is 12.8. The Hall–Kier alpha value is -3.78. The molecule has 3 heterocycles. The van der Waals surface area contributed by atoms with E-state index in [2.05, 4.69) is 20.6 Å². The number of nitriles is 1. The fraction of sp³-hybridized carbons (Fsp3) is 0.217. The van der Waals surface area contributed by atoms with Crippen molar-refractivity contribution >= 4 is 33.7 Å². The molecule has 1 atom stereocenters. The normalized spacial score (nSPS) is 11.9. The van der Waals surface area contributed by atoms with Gasteiger partial charge < -0.3 is 25.9 Å². The molecule has 0 aliphatic heterocycles. The molecule has 0 amide bonds. The lowest BCUT2D eigenvalue weighted by Crippen LogP contribution is -2.16. The molecule has 0 radical (unpaired) electrons. The first kappa shape index (κ1) is 22.4. The number of thiophene rings is 1. The summed E-state index contributed by atoms with van der Waals surface area (Å²) < 4.78 is 5.80. The molecule has 9 nitrogen and oxygen atoms in total. The van der Waals surface area contributed by atoms with Crippen molar-refractivity contribution in [3.05, 3.63) is 69.3 Å². The van der Waals surface area contributed by atoms with Crippen LogP contribution in [0.15, 0.2) is 51.9 Å². The number of nitrogens with two attached hydrogens (primary N) is 1. The van der Waals surface area contributed by atoms with Gasteiger partial charge in [-0.15, -0.1) is 11.3 Å². The molecule has 1 unspecified atom stereocenters. The fourth-order valence-corrected chi connectivity index (χ4v) is 4.61. The first-order valence-electron chi connectivity index (χ1n) is 10.3. The molecule has 0 fully saturated rings. The molecule has 0 saturated carbocycles. The van der Waals surface area contributed by atoms with Crippen LogP contribution in [-0.2, 0) is 6.54 Å². The third-order valence-electron chi connectivity index (χ3n) is 5.10. The molecule has 4 rings (SSSR count). The van der Waals surface area contributed by atoms with E-state index in [0.29, 0.717) is 24.2 Å². The van der Waals surface area contributed by atoms with Gasteiger partial charge in [0.05, 0.1) is 18.0 Å². The van der Waals surface area contributed by atoms with Gasteiger partial charge in [-0.05, 0) is 25.1 Å². The molecule has 0 bridgehead atoms. The van der Waals surface area contributed by atoms with Crippen LogP contribution in [0.4, 0.5) is 11.6 Å². The predicted octanol–water partition coefficient (Wildman–Crippen LogP) is 3.02. The van der Waals surface area contributed by atoms with E-state index in [-0.39, 0.29) is 23.8 Å². The predicted molar refractivity (Wildman–Crippen MR) is 128 cm³/mol. The van der Waals surface area contributed by atoms with Crippen LogP contribution in [0.2, 0.25) is 0 Å². The van der Waals surface area contributed by atoms with Crippen molar-refractivity contribution in [1.82, 2.24) is 15.3 Å². The summed E-state index contributed by atoms with van der Waals surface area (Å²) in [4.78, 5) is 22.8. The van der Waals surface area contributed by atoms with Crippen LogP contribution in [0.5, 0.6) is 0 Å². The van der Waals surface area contributed by atoms with E-state index in [1.54, 1.807) is 23.5 Å². The van der Waals surface area contributed by atoms with Crippen molar-refractivity contribution in [2.45, 2.75) is 19.5 Å². The van der Waals surface area contributed by atoms with Crippen LogP contribution in [-0.4, -0.2) is 28.2 Å². The van der Waals surface area contributed by atoms with Crippen molar-refractivity contribution in [3.8, 4) is 16.5 Å². The number of nitrogens with zero attached hydrogens (tertiary/aromatic N) is 3. The SMILES string of the molecule is CC(Nc1ncnc(N)c1C#N)c1oc(=O)c2ccccc2c1-c1ccc(CNCCO)s1. The number of rotatable bonds is 8. The van der Waals surface area contributed by atoms with Crippen LogP contribution in [0.1, 0.15) is 29.2 Å². The highest BCUT2D eigenvalue weighted by atomic mass is 32.1. The number of aliphatic hydroxyl groups is 1. The number of nitrogens with one attached hydrogen (secondary N) is 2. The summed E-state index contributed by atoms with van der Waals surface area (Å²) in [5, 5.41) is 26.0. The average molecular weight is 463 g/mol.